The molecule has 0 N–H and O–H groups in total. The zero-order chi connectivity index (χ0) is 18.8. The number of non-ortho nitro benzene ring substituents is 1. The van der Waals surface area contributed by atoms with Gasteiger partial charge in [0.1, 0.15) is 5.71 Å². The number of benzene rings is 2. The smallest absolute Gasteiger partial charge is 0.270 e. The largest absolute Gasteiger partial charge is 0.493 e. The molecule has 0 unspecified atom stereocenters. The molecule has 0 spiro atoms. The maximum absolute atomic E-state index is 11.0. The van der Waals surface area contributed by atoms with Gasteiger partial charge in [-0.3, -0.25) is 10.1 Å². The molecule has 2 aromatic rings. The monoisotopic (exact) mass is 373 g/mol. The zero-order valence-electron chi connectivity index (χ0n) is 14.4. The Hall–Kier alpha value is -2.93. The zero-order valence-corrected chi connectivity index (χ0v) is 15.2. The number of ether oxygens (including phenoxy) is 2. The Balaban J connectivity index is 2.21. The van der Waals surface area contributed by atoms with E-state index in [9.17, 15) is 10.1 Å². The number of fused-ring (bicyclic) bond motifs is 1. The normalized spacial score (nSPS) is 13.2. The molecule has 3 rings (SSSR count). The first kappa shape index (κ1) is 17.9. The lowest BCUT2D eigenvalue weighted by molar-refractivity contribution is -0.384. The van der Waals surface area contributed by atoms with Crippen molar-refractivity contribution in [2.45, 2.75) is 13.3 Å². The van der Waals surface area contributed by atoms with Crippen molar-refractivity contribution in [1.82, 2.24) is 0 Å². The second-order valence-electron chi connectivity index (χ2n) is 5.75. The van der Waals surface area contributed by atoms with Gasteiger partial charge in [-0.2, -0.15) is 5.10 Å². The fourth-order valence-corrected chi connectivity index (χ4v) is 3.06. The van der Waals surface area contributed by atoms with Crippen LogP contribution in [-0.4, -0.2) is 30.6 Å². The van der Waals surface area contributed by atoms with Crippen LogP contribution >= 0.6 is 11.6 Å². The quantitative estimate of drug-likeness (QED) is 0.598. The number of rotatable bonds is 4. The first-order valence-corrected chi connectivity index (χ1v) is 8.13. The molecule has 2 aromatic carbocycles. The Morgan fingerprint density at radius 1 is 1.08 bits per heavy atom. The number of methoxy groups -OCH3 is 2. The molecule has 0 bridgehead atoms. The van der Waals surface area contributed by atoms with Gasteiger partial charge in [0.15, 0.2) is 11.5 Å². The molecule has 1 aliphatic heterocycles. The fourth-order valence-electron chi connectivity index (χ4n) is 2.80. The van der Waals surface area contributed by atoms with E-state index in [1.165, 1.54) is 12.1 Å². The summed E-state index contributed by atoms with van der Waals surface area (Å²) in [5, 5.41) is 19.8. The summed E-state index contributed by atoms with van der Waals surface area (Å²) in [5.41, 5.74) is 3.57. The van der Waals surface area contributed by atoms with Gasteiger partial charge < -0.3 is 9.47 Å². The number of halogens is 1. The highest BCUT2D eigenvalue weighted by Crippen LogP contribution is 2.35. The van der Waals surface area contributed by atoms with Gasteiger partial charge in [0.05, 0.1) is 24.2 Å². The second-order valence-corrected chi connectivity index (χ2v) is 6.15. The molecule has 134 valence electrons. The molecular weight excluding hydrogens is 358 g/mol. The van der Waals surface area contributed by atoms with Gasteiger partial charge in [0, 0.05) is 35.4 Å². The molecule has 0 fully saturated rings. The fraction of sp³-hybridized carbons (Fsp3) is 0.222. The Morgan fingerprint density at radius 3 is 2.38 bits per heavy atom. The Bertz CT molecular complexity index is 954. The van der Waals surface area contributed by atoms with Gasteiger partial charge >= 0.3 is 0 Å². The molecule has 7 nitrogen and oxygen atoms in total. The number of nitro benzene ring substituents is 1. The molecule has 0 saturated heterocycles. The van der Waals surface area contributed by atoms with Crippen molar-refractivity contribution < 1.29 is 14.4 Å². The van der Waals surface area contributed by atoms with Crippen LogP contribution in [-0.2, 0) is 6.42 Å². The molecule has 0 amide bonds. The van der Waals surface area contributed by atoms with Crippen LogP contribution in [0.2, 0.25) is 5.02 Å². The molecule has 0 radical (unpaired) electrons. The maximum Gasteiger partial charge on any atom is 0.270 e. The van der Waals surface area contributed by atoms with E-state index in [0.717, 1.165) is 16.8 Å². The molecule has 26 heavy (non-hydrogen) atoms. The summed E-state index contributed by atoms with van der Waals surface area (Å²) >= 11 is 6.31. The van der Waals surface area contributed by atoms with Crippen molar-refractivity contribution in [1.29, 1.82) is 0 Å². The molecule has 0 aliphatic carbocycles. The van der Waals surface area contributed by atoms with Crippen molar-refractivity contribution in [3.8, 4) is 11.5 Å². The summed E-state index contributed by atoms with van der Waals surface area (Å²) in [6, 6.07) is 7.98. The molecule has 1 aliphatic rings. The van der Waals surface area contributed by atoms with E-state index in [1.54, 1.807) is 20.3 Å². The standard InChI is InChI=1S/C18H16ClN3O4/c1-10-6-11-7-16(25-2)17(26-3)9-14(11)18(21-20-10)13-5-4-12(22(23)24)8-15(13)19/h4-5,7-9H,6H2,1-3H3. The van der Waals surface area contributed by atoms with Gasteiger partial charge in [-0.05, 0) is 30.7 Å². The summed E-state index contributed by atoms with van der Waals surface area (Å²) < 4.78 is 10.8. The maximum atomic E-state index is 11.0. The third kappa shape index (κ3) is 3.25. The summed E-state index contributed by atoms with van der Waals surface area (Å²) in [5.74, 6) is 1.16. The predicted octanol–water partition coefficient (Wildman–Crippen LogP) is 4.03. The Kier molecular flexibility index (Phi) is 4.90. The van der Waals surface area contributed by atoms with Gasteiger partial charge in [-0.1, -0.05) is 11.6 Å². The average Bonchev–Trinajstić information content (AvgIpc) is 2.78. The van der Waals surface area contributed by atoms with E-state index in [0.29, 0.717) is 29.2 Å². The van der Waals surface area contributed by atoms with E-state index in [2.05, 4.69) is 10.2 Å². The molecular formula is C18H16ClN3O4. The highest BCUT2D eigenvalue weighted by molar-refractivity contribution is 6.36. The highest BCUT2D eigenvalue weighted by atomic mass is 35.5. The van der Waals surface area contributed by atoms with Crippen molar-refractivity contribution in [3.63, 3.8) is 0 Å². The lowest BCUT2D eigenvalue weighted by atomic mass is 9.94. The SMILES string of the molecule is COc1cc2c(cc1OC)C(c1ccc([N+](=O)[O-])cc1Cl)=NN=C(C)C2. The van der Waals surface area contributed by atoms with Crippen molar-refractivity contribution in [2.24, 2.45) is 10.2 Å². The first-order valence-electron chi connectivity index (χ1n) is 7.75. The van der Waals surface area contributed by atoms with Crippen molar-refractivity contribution in [2.75, 3.05) is 14.2 Å². The third-order valence-corrected chi connectivity index (χ3v) is 4.36. The van der Waals surface area contributed by atoms with Gasteiger partial charge in [0.2, 0.25) is 0 Å². The van der Waals surface area contributed by atoms with Gasteiger partial charge in [-0.15, -0.1) is 5.10 Å². The van der Waals surface area contributed by atoms with Gasteiger partial charge in [-0.25, -0.2) is 0 Å². The van der Waals surface area contributed by atoms with Crippen LogP contribution in [0, 0.1) is 10.1 Å². The Morgan fingerprint density at radius 2 is 1.77 bits per heavy atom. The Labute approximate surface area is 155 Å². The molecule has 0 aromatic heterocycles. The molecule has 0 saturated carbocycles. The van der Waals surface area contributed by atoms with Crippen LogP contribution in [0.25, 0.3) is 0 Å². The average molecular weight is 374 g/mol. The van der Waals surface area contributed by atoms with Crippen molar-refractivity contribution >= 4 is 28.7 Å². The lowest BCUT2D eigenvalue weighted by Crippen LogP contribution is -2.09. The minimum atomic E-state index is -0.491. The van der Waals surface area contributed by atoms with Crippen LogP contribution in [0.15, 0.2) is 40.5 Å². The van der Waals surface area contributed by atoms with Crippen LogP contribution < -0.4 is 9.47 Å². The minimum absolute atomic E-state index is 0.0832. The van der Waals surface area contributed by atoms with E-state index < -0.39 is 4.92 Å². The van der Waals surface area contributed by atoms with E-state index in [-0.39, 0.29) is 10.7 Å². The summed E-state index contributed by atoms with van der Waals surface area (Å²) in [6.07, 6.45) is 0.591. The molecule has 0 atom stereocenters. The summed E-state index contributed by atoms with van der Waals surface area (Å²) in [4.78, 5) is 10.5. The lowest BCUT2D eigenvalue weighted by Gasteiger charge is -2.15. The third-order valence-electron chi connectivity index (χ3n) is 4.05. The molecule has 8 heteroatoms. The van der Waals surface area contributed by atoms with Crippen LogP contribution in [0.4, 0.5) is 5.69 Å². The van der Waals surface area contributed by atoms with E-state index >= 15 is 0 Å². The van der Waals surface area contributed by atoms with Crippen molar-refractivity contribution in [3.05, 3.63) is 62.2 Å². The molecule has 1 heterocycles. The topological polar surface area (TPSA) is 86.3 Å². The highest BCUT2D eigenvalue weighted by Gasteiger charge is 2.22. The number of nitro groups is 1. The minimum Gasteiger partial charge on any atom is -0.493 e. The van der Waals surface area contributed by atoms with Gasteiger partial charge in [0.25, 0.3) is 5.69 Å². The number of hydrogen-bond acceptors (Lipinski definition) is 6. The van der Waals surface area contributed by atoms with Crippen LogP contribution in [0.1, 0.15) is 23.6 Å². The summed E-state index contributed by atoms with van der Waals surface area (Å²) in [7, 11) is 3.13. The number of nitrogens with zero attached hydrogens (tertiary/aromatic N) is 3. The van der Waals surface area contributed by atoms with Crippen LogP contribution in [0.5, 0.6) is 11.5 Å². The first-order chi connectivity index (χ1) is 12.4. The summed E-state index contributed by atoms with van der Waals surface area (Å²) in [6.45, 7) is 1.88. The second kappa shape index (κ2) is 7.13. The predicted molar refractivity (Wildman–Crippen MR) is 100 cm³/mol. The van der Waals surface area contributed by atoms with E-state index in [1.807, 2.05) is 19.1 Å². The van der Waals surface area contributed by atoms with Crippen LogP contribution in [0.3, 0.4) is 0 Å². The van der Waals surface area contributed by atoms with E-state index in [4.69, 9.17) is 21.1 Å². The number of hydrogen-bond donors (Lipinski definition) is 0.